The zero-order chi connectivity index (χ0) is 44.7. The van der Waals surface area contributed by atoms with Gasteiger partial charge in [-0.2, -0.15) is 0 Å². The maximum Gasteiger partial charge on any atom is 0.472 e. The second-order valence-corrected chi connectivity index (χ2v) is 21.5. The number of aryl methyl sites for hydroxylation is 2. The number of ether oxygens (including phenoxy) is 3. The summed E-state index contributed by atoms with van der Waals surface area (Å²) in [5.41, 5.74) is 7.14. The molecule has 64 heavy (non-hydrogen) atoms. The molecule has 0 amide bonds. The van der Waals surface area contributed by atoms with Crippen molar-refractivity contribution >= 4 is 60.1 Å². The molecule has 11 atom stereocenters. The average Bonchev–Trinajstić information content (AvgIpc) is 3.55. The number of benzene rings is 2. The summed E-state index contributed by atoms with van der Waals surface area (Å²) in [6.07, 6.45) is -3.31. The molecule has 2 aliphatic carbocycles. The Labute approximate surface area is 366 Å². The topological polar surface area (TPSA) is 289 Å². The number of aromatic amines is 1. The largest absolute Gasteiger partial charge is 0.472 e. The summed E-state index contributed by atoms with van der Waals surface area (Å²) in [7, 11) is -3.68. The van der Waals surface area contributed by atoms with Gasteiger partial charge in [-0.25, -0.2) is 38.8 Å². The van der Waals surface area contributed by atoms with E-state index in [0.29, 0.717) is 34.5 Å². The first-order valence-electron chi connectivity index (χ1n) is 20.0. The van der Waals surface area contributed by atoms with E-state index in [2.05, 4.69) is 29.9 Å². The molecule has 4 fully saturated rings. The first kappa shape index (κ1) is 43.0. The van der Waals surface area contributed by atoms with Crippen molar-refractivity contribution in [3.63, 3.8) is 0 Å². The Bertz CT molecular complexity index is 2940. The fraction of sp³-hybridized carbons (Fsp3) is 0.410. The number of aromatic nitrogens is 8. The zero-order valence-corrected chi connectivity index (χ0v) is 36.8. The highest BCUT2D eigenvalue weighted by atomic mass is 32.7. The number of imidazole rings is 2. The minimum atomic E-state index is -5.02. The minimum Gasteiger partial charge on any atom is -0.423 e. The van der Waals surface area contributed by atoms with Gasteiger partial charge in [0.05, 0.1) is 37.5 Å². The van der Waals surface area contributed by atoms with Crippen LogP contribution in [0.2, 0.25) is 0 Å². The van der Waals surface area contributed by atoms with Crippen LogP contribution in [0.3, 0.4) is 0 Å². The average molecular weight is 938 g/mol. The molecule has 10 rings (SSSR count). The molecule has 4 aliphatic rings. The van der Waals surface area contributed by atoms with Gasteiger partial charge in [0, 0.05) is 18.3 Å². The van der Waals surface area contributed by atoms with E-state index in [1.165, 1.54) is 30.7 Å². The van der Waals surface area contributed by atoms with Crippen LogP contribution in [0, 0.1) is 25.2 Å². The Hall–Kier alpha value is -4.90. The monoisotopic (exact) mass is 937 g/mol. The number of aliphatic hydroxyl groups excluding tert-OH is 1. The number of phosphoric ester groups is 1. The molecule has 2 aromatic carbocycles. The molecular formula is C39H41N9O13P2S. The van der Waals surface area contributed by atoms with Crippen LogP contribution in [0.1, 0.15) is 46.0 Å². The van der Waals surface area contributed by atoms with E-state index in [-0.39, 0.29) is 28.6 Å². The van der Waals surface area contributed by atoms with Gasteiger partial charge in [0.1, 0.15) is 53.9 Å². The van der Waals surface area contributed by atoms with Gasteiger partial charge in [-0.1, -0.05) is 29.8 Å². The number of nitrogens with zero attached hydrogens (tertiary/aromatic N) is 7. The Kier molecular flexibility index (Phi) is 10.9. The molecule has 22 nitrogen and oxygen atoms in total. The number of carbonyl (C=O) groups is 1. The number of nitrogens with two attached hydrogens (primary N) is 1. The number of methoxy groups -OCH3 is 1. The number of hydrogen-bond donors (Lipinski definition) is 4. The van der Waals surface area contributed by atoms with Crippen molar-refractivity contribution in [2.45, 2.75) is 68.8 Å². The summed E-state index contributed by atoms with van der Waals surface area (Å²) in [5.74, 6) is -0.250. The third kappa shape index (κ3) is 7.67. The fourth-order valence-corrected chi connectivity index (χ4v) is 13.3. The van der Waals surface area contributed by atoms with Crippen LogP contribution in [-0.2, 0) is 42.5 Å². The van der Waals surface area contributed by atoms with Crippen LogP contribution in [0.15, 0.2) is 72.3 Å². The third-order valence-corrected chi connectivity index (χ3v) is 16.7. The van der Waals surface area contributed by atoms with Crippen molar-refractivity contribution in [3.05, 3.63) is 100 Å². The lowest BCUT2D eigenvalue weighted by atomic mass is 10.0. The van der Waals surface area contributed by atoms with Crippen molar-refractivity contribution < 1.29 is 56.2 Å². The highest BCUT2D eigenvalue weighted by Gasteiger charge is 2.74. The van der Waals surface area contributed by atoms with Gasteiger partial charge in [-0.3, -0.25) is 27.5 Å². The van der Waals surface area contributed by atoms with Crippen LogP contribution in [0.4, 0.5) is 5.82 Å². The third-order valence-electron chi connectivity index (χ3n) is 12.1. The quantitative estimate of drug-likeness (QED) is 0.0946. The SMILES string of the molecule is CO[C@H]1[C@H]2OP(=O)(O)OC[C@@]34C[C@@H]3[C@@H](n3cnc5c(N)ncnc53)[C@H](O)[C@@H]4OP(=O)(SCc3ccc(OC(=O)c4ccc(C)cc4)cc3)OC[C@H]1O[C@H]2n1cnc2c(=O)[nH]c(C)nc21. The molecular weight excluding hydrogens is 896 g/mol. The number of H-pyrrole nitrogens is 1. The number of rotatable bonds is 8. The van der Waals surface area contributed by atoms with Gasteiger partial charge in [-0.15, -0.1) is 0 Å². The van der Waals surface area contributed by atoms with E-state index in [1.54, 1.807) is 47.9 Å². The van der Waals surface area contributed by atoms with Crippen LogP contribution in [-0.4, -0.2) is 106 Å². The molecule has 1 spiro atoms. The lowest BCUT2D eigenvalue weighted by Gasteiger charge is -2.32. The van der Waals surface area contributed by atoms with Crippen molar-refractivity contribution in [2.75, 3.05) is 26.1 Å². The van der Waals surface area contributed by atoms with Crippen molar-refractivity contribution in [3.8, 4) is 5.75 Å². The molecule has 5 N–H and O–H groups in total. The molecule has 2 saturated carbocycles. The van der Waals surface area contributed by atoms with Gasteiger partial charge >= 0.3 is 20.6 Å². The van der Waals surface area contributed by atoms with Crippen LogP contribution in [0.5, 0.6) is 5.75 Å². The molecule has 2 bridgehead atoms. The van der Waals surface area contributed by atoms with E-state index in [0.717, 1.165) is 16.9 Å². The van der Waals surface area contributed by atoms with Crippen LogP contribution >= 0.6 is 26.0 Å². The number of phosphoric acid groups is 1. The Morgan fingerprint density at radius 1 is 1.00 bits per heavy atom. The number of aliphatic hydroxyl groups is 1. The Balaban J connectivity index is 0.980. The maximum atomic E-state index is 15.3. The first-order valence-corrected chi connectivity index (χ1v) is 24.6. The predicted octanol–water partition coefficient (Wildman–Crippen LogP) is 4.17. The highest BCUT2D eigenvalue weighted by molar-refractivity contribution is 8.54. The number of anilines is 1. The molecule has 0 radical (unpaired) electrons. The number of hydrogen-bond acceptors (Lipinski definition) is 19. The number of esters is 1. The first-order chi connectivity index (χ1) is 30.7. The molecule has 2 saturated heterocycles. The number of carbonyl (C=O) groups excluding carboxylic acids is 1. The molecule has 6 aromatic rings. The smallest absolute Gasteiger partial charge is 0.423 e. The molecule has 25 heteroatoms. The summed E-state index contributed by atoms with van der Waals surface area (Å²) >= 11 is 0.836. The highest BCUT2D eigenvalue weighted by Crippen LogP contribution is 2.74. The second-order valence-electron chi connectivity index (χ2n) is 16.1. The van der Waals surface area contributed by atoms with E-state index in [9.17, 15) is 24.2 Å². The van der Waals surface area contributed by atoms with Gasteiger partial charge in [0.15, 0.2) is 28.9 Å². The standard InChI is InChI=1S/C39H41N9O13P2S/c1-19-4-8-22(9-5-19)38(51)58-23-10-6-21(7-11-23)14-64-63(54)56-13-25-30(55-3)31(37(59-25)48-18-44-27-35(48)45-20(2)46-36(27)50)60-62(52,53)57-15-39-12-24(39)28(29(49)32(39)61-63)47-17-43-26-33(40)41-16-42-34(26)47/h4-11,16-18,24-25,28-32,37,49H,12-15H2,1-3H3,(H,52,53)(H2,40,41,42)(H,45,46,50)/t24-,25-,28-,29+,30-,31-,32+,37-,39+,63?/m1/s1. The molecule has 2 unspecified atom stereocenters. The lowest BCUT2D eigenvalue weighted by molar-refractivity contribution is -0.0600. The summed E-state index contributed by atoms with van der Waals surface area (Å²) in [6, 6.07) is 12.8. The van der Waals surface area contributed by atoms with Crippen molar-refractivity contribution in [1.82, 2.24) is 39.0 Å². The molecule has 336 valence electrons. The predicted molar refractivity (Wildman–Crippen MR) is 226 cm³/mol. The number of nitrogen functional groups attached to an aromatic ring is 1. The minimum absolute atomic E-state index is 0.0229. The van der Waals surface area contributed by atoms with Crippen molar-refractivity contribution in [1.29, 1.82) is 0 Å². The summed E-state index contributed by atoms with van der Waals surface area (Å²) in [6.45, 7) is -1.83. The molecule has 4 aromatic heterocycles. The zero-order valence-electron chi connectivity index (χ0n) is 34.2. The molecule has 2 aliphatic heterocycles. The Morgan fingerprint density at radius 2 is 1.75 bits per heavy atom. The van der Waals surface area contributed by atoms with Crippen molar-refractivity contribution in [2.24, 2.45) is 11.3 Å². The lowest BCUT2D eigenvalue weighted by Crippen LogP contribution is -2.38. The summed E-state index contributed by atoms with van der Waals surface area (Å²) in [5, 5.41) is 12.2. The maximum absolute atomic E-state index is 15.3. The summed E-state index contributed by atoms with van der Waals surface area (Å²) < 4.78 is 74.6. The van der Waals surface area contributed by atoms with Gasteiger partial charge in [0.25, 0.3) is 5.56 Å². The van der Waals surface area contributed by atoms with E-state index >= 15 is 4.57 Å². The van der Waals surface area contributed by atoms with E-state index in [4.69, 9.17) is 38.0 Å². The number of nitrogens with one attached hydrogen (secondary N) is 1. The number of fused-ring (bicyclic) bond motifs is 4. The summed E-state index contributed by atoms with van der Waals surface area (Å²) in [4.78, 5) is 60.9. The van der Waals surface area contributed by atoms with E-state index < -0.39 is 93.5 Å². The van der Waals surface area contributed by atoms with Gasteiger partial charge in [-0.05, 0) is 67.4 Å². The van der Waals surface area contributed by atoms with E-state index in [1.807, 2.05) is 19.1 Å². The van der Waals surface area contributed by atoms with Crippen LogP contribution in [0.25, 0.3) is 22.3 Å². The Morgan fingerprint density at radius 3 is 2.52 bits per heavy atom. The molecule has 6 heterocycles. The van der Waals surface area contributed by atoms with Gasteiger partial charge < -0.3 is 39.5 Å². The van der Waals surface area contributed by atoms with Crippen LogP contribution < -0.4 is 16.0 Å². The second kappa shape index (κ2) is 16.2. The fourth-order valence-electron chi connectivity index (χ4n) is 8.89. The normalized spacial score (nSPS) is 32.6. The van der Waals surface area contributed by atoms with Gasteiger partial charge in [0.2, 0.25) is 0 Å².